The molecule has 0 bridgehead atoms. The molecule has 0 spiro atoms. The highest BCUT2D eigenvalue weighted by molar-refractivity contribution is 9.13. The maximum Gasteiger partial charge on any atom is 0.264 e. The van der Waals surface area contributed by atoms with E-state index in [9.17, 15) is 8.42 Å². The maximum atomic E-state index is 11.4. The number of imidazole rings is 1. The van der Waals surface area contributed by atoms with Gasteiger partial charge in [-0.15, -0.1) is 0 Å². The lowest BCUT2D eigenvalue weighted by Gasteiger charge is -2.29. The molecule has 2 aliphatic rings. The van der Waals surface area contributed by atoms with Crippen molar-refractivity contribution in [2.45, 2.75) is 25.0 Å². The fourth-order valence-electron chi connectivity index (χ4n) is 2.98. The first-order valence-electron chi connectivity index (χ1n) is 6.81. The molecule has 1 aromatic heterocycles. The Kier molecular flexibility index (Phi) is 3.82. The molecule has 10 heteroatoms. The summed E-state index contributed by atoms with van der Waals surface area (Å²) in [6.45, 7) is 0.428. The van der Waals surface area contributed by atoms with Gasteiger partial charge in [0.1, 0.15) is 24.6 Å². The summed E-state index contributed by atoms with van der Waals surface area (Å²) in [4.78, 5) is 4.56. The fraction of sp³-hybridized carbons (Fsp3) is 0.462. The average Bonchev–Trinajstić information content (AvgIpc) is 2.99. The van der Waals surface area contributed by atoms with E-state index < -0.39 is 28.6 Å². The predicted molar refractivity (Wildman–Crippen MR) is 88.4 cm³/mol. The van der Waals surface area contributed by atoms with Crippen molar-refractivity contribution in [3.8, 4) is 0 Å². The third-order valence-electron chi connectivity index (χ3n) is 3.84. The second-order valence-electron chi connectivity index (χ2n) is 5.49. The van der Waals surface area contributed by atoms with Crippen LogP contribution in [0, 0.1) is 0 Å². The predicted octanol–water partition coefficient (Wildman–Crippen LogP) is 2.33. The summed E-state index contributed by atoms with van der Waals surface area (Å²) in [5.41, 5.74) is 1.71. The van der Waals surface area contributed by atoms with Crippen LogP contribution in [-0.2, 0) is 30.4 Å². The molecule has 0 amide bonds. The Bertz CT molecular complexity index is 897. The van der Waals surface area contributed by atoms with Gasteiger partial charge in [-0.3, -0.25) is 8.75 Å². The van der Waals surface area contributed by atoms with E-state index in [-0.39, 0.29) is 13.2 Å². The highest BCUT2D eigenvalue weighted by Gasteiger charge is 2.46. The van der Waals surface area contributed by atoms with Gasteiger partial charge in [0.2, 0.25) is 0 Å². The van der Waals surface area contributed by atoms with Gasteiger partial charge in [0.05, 0.1) is 23.9 Å². The van der Waals surface area contributed by atoms with Crippen LogP contribution in [0.15, 0.2) is 21.1 Å². The molecule has 0 saturated carbocycles. The molecule has 3 atom stereocenters. The molecular weight excluding hydrogens is 456 g/mol. The molecule has 4 rings (SSSR count). The molecule has 1 aromatic carbocycles. The van der Waals surface area contributed by atoms with Gasteiger partial charge in [-0.1, -0.05) is 0 Å². The SMILES string of the molecule is CS(=O)(=O)O[C@@H]1CO[C@H]2[C@@H]1OCc1nc3cc(Br)c(Br)cc3n12. The Morgan fingerprint density at radius 3 is 2.78 bits per heavy atom. The first-order chi connectivity index (χ1) is 10.8. The van der Waals surface area contributed by atoms with E-state index >= 15 is 0 Å². The quantitative estimate of drug-likeness (QED) is 0.630. The van der Waals surface area contributed by atoms with Crippen molar-refractivity contribution >= 4 is 53.0 Å². The second kappa shape index (κ2) is 5.50. The average molecular weight is 468 g/mol. The number of aromatic nitrogens is 2. The number of nitrogens with zero attached hydrogens (tertiary/aromatic N) is 2. The lowest BCUT2D eigenvalue weighted by molar-refractivity contribution is -0.0932. The zero-order valence-electron chi connectivity index (χ0n) is 11.9. The van der Waals surface area contributed by atoms with Gasteiger partial charge in [0, 0.05) is 8.95 Å². The summed E-state index contributed by atoms with van der Waals surface area (Å²) in [6, 6.07) is 3.87. The minimum atomic E-state index is -3.58. The molecular formula is C13H12Br2N2O5S. The molecule has 1 saturated heterocycles. The van der Waals surface area contributed by atoms with Crippen LogP contribution in [-0.4, -0.2) is 43.0 Å². The Morgan fingerprint density at radius 1 is 1.30 bits per heavy atom. The number of fused-ring (bicyclic) bond motifs is 5. The molecule has 0 N–H and O–H groups in total. The van der Waals surface area contributed by atoms with Crippen LogP contribution >= 0.6 is 31.9 Å². The van der Waals surface area contributed by atoms with E-state index in [0.29, 0.717) is 0 Å². The molecule has 0 radical (unpaired) electrons. The lowest BCUT2D eigenvalue weighted by Crippen LogP contribution is -2.38. The number of halogens is 2. The van der Waals surface area contributed by atoms with Crippen LogP contribution in [0.3, 0.4) is 0 Å². The van der Waals surface area contributed by atoms with Crippen molar-refractivity contribution in [1.82, 2.24) is 9.55 Å². The summed E-state index contributed by atoms with van der Waals surface area (Å²) in [5, 5.41) is 0. The largest absolute Gasteiger partial charge is 0.363 e. The Balaban J connectivity index is 1.77. The van der Waals surface area contributed by atoms with Crippen LogP contribution in [0.25, 0.3) is 11.0 Å². The third kappa shape index (κ3) is 2.75. The molecule has 2 aliphatic heterocycles. The molecule has 1 fully saturated rings. The summed E-state index contributed by atoms with van der Waals surface area (Å²) >= 11 is 6.95. The van der Waals surface area contributed by atoms with Gasteiger partial charge in [-0.05, 0) is 44.0 Å². The van der Waals surface area contributed by atoms with Crippen LogP contribution in [0.2, 0.25) is 0 Å². The van der Waals surface area contributed by atoms with Crippen LogP contribution < -0.4 is 0 Å². The number of hydrogen-bond acceptors (Lipinski definition) is 6. The first-order valence-corrected chi connectivity index (χ1v) is 10.2. The van der Waals surface area contributed by atoms with Crippen molar-refractivity contribution in [2.24, 2.45) is 0 Å². The highest BCUT2D eigenvalue weighted by atomic mass is 79.9. The molecule has 23 heavy (non-hydrogen) atoms. The minimum Gasteiger partial charge on any atom is -0.363 e. The highest BCUT2D eigenvalue weighted by Crippen LogP contribution is 2.39. The summed E-state index contributed by atoms with van der Waals surface area (Å²) < 4.78 is 43.1. The Hall–Kier alpha value is -0.520. The summed E-state index contributed by atoms with van der Waals surface area (Å²) in [7, 11) is -3.58. The second-order valence-corrected chi connectivity index (χ2v) is 8.80. The van der Waals surface area contributed by atoms with Crippen molar-refractivity contribution in [2.75, 3.05) is 12.9 Å². The van der Waals surface area contributed by atoms with Gasteiger partial charge in [-0.2, -0.15) is 8.42 Å². The van der Waals surface area contributed by atoms with Gasteiger partial charge >= 0.3 is 0 Å². The molecule has 3 heterocycles. The molecule has 7 nitrogen and oxygen atoms in total. The standard InChI is InChI=1S/C13H12Br2N2O5S/c1-23(18,19)22-10-4-21-13-12(10)20-5-11-16-8-2-6(14)7(15)3-9(8)17(11)13/h2-3,10,12-13H,4-5H2,1H3/t10-,12-,13+/m1/s1. The van der Waals surface area contributed by atoms with E-state index in [1.807, 2.05) is 16.7 Å². The number of rotatable bonds is 2. The lowest BCUT2D eigenvalue weighted by atomic mass is 10.2. The van der Waals surface area contributed by atoms with E-state index in [4.69, 9.17) is 13.7 Å². The van der Waals surface area contributed by atoms with Crippen LogP contribution in [0.5, 0.6) is 0 Å². The van der Waals surface area contributed by atoms with E-state index in [0.717, 1.165) is 32.1 Å². The van der Waals surface area contributed by atoms with E-state index in [1.54, 1.807) is 0 Å². The minimum absolute atomic E-state index is 0.152. The fourth-order valence-corrected chi connectivity index (χ4v) is 4.26. The van der Waals surface area contributed by atoms with Crippen molar-refractivity contribution in [1.29, 1.82) is 0 Å². The van der Waals surface area contributed by atoms with Gasteiger partial charge in [0.15, 0.2) is 6.23 Å². The van der Waals surface area contributed by atoms with Crippen molar-refractivity contribution in [3.63, 3.8) is 0 Å². The zero-order chi connectivity index (χ0) is 16.4. The normalized spacial score (nSPS) is 27.2. The van der Waals surface area contributed by atoms with Crippen molar-refractivity contribution < 1.29 is 22.1 Å². The van der Waals surface area contributed by atoms with Gasteiger partial charge in [-0.25, -0.2) is 4.98 Å². The Morgan fingerprint density at radius 2 is 2.04 bits per heavy atom. The monoisotopic (exact) mass is 466 g/mol. The van der Waals surface area contributed by atoms with Gasteiger partial charge in [0.25, 0.3) is 10.1 Å². The first kappa shape index (κ1) is 16.0. The number of hydrogen-bond donors (Lipinski definition) is 0. The smallest absolute Gasteiger partial charge is 0.264 e. The molecule has 0 unspecified atom stereocenters. The summed E-state index contributed by atoms with van der Waals surface area (Å²) in [6.07, 6.45) is -0.573. The maximum absolute atomic E-state index is 11.4. The zero-order valence-corrected chi connectivity index (χ0v) is 15.9. The van der Waals surface area contributed by atoms with Crippen LogP contribution in [0.1, 0.15) is 12.1 Å². The van der Waals surface area contributed by atoms with Gasteiger partial charge < -0.3 is 9.47 Å². The van der Waals surface area contributed by atoms with Crippen molar-refractivity contribution in [3.05, 3.63) is 26.9 Å². The topological polar surface area (TPSA) is 79.7 Å². The molecule has 0 aliphatic carbocycles. The number of ether oxygens (including phenoxy) is 2. The number of benzene rings is 1. The molecule has 2 aromatic rings. The van der Waals surface area contributed by atoms with E-state index in [2.05, 4.69) is 36.8 Å². The summed E-state index contributed by atoms with van der Waals surface area (Å²) in [5.74, 6) is 0.742. The Labute approximate surface area is 149 Å². The third-order valence-corrected chi connectivity index (χ3v) is 6.28. The van der Waals surface area contributed by atoms with E-state index in [1.165, 1.54) is 0 Å². The van der Waals surface area contributed by atoms with Crippen LogP contribution in [0.4, 0.5) is 0 Å². The molecule has 124 valence electrons.